The van der Waals surface area contributed by atoms with Crippen molar-refractivity contribution < 1.29 is 4.74 Å². The van der Waals surface area contributed by atoms with E-state index >= 15 is 0 Å². The topological polar surface area (TPSA) is 72.8 Å². The highest BCUT2D eigenvalue weighted by atomic mass is 79.9. The molecule has 0 atom stereocenters. The van der Waals surface area contributed by atoms with Crippen LogP contribution in [0.1, 0.15) is 5.56 Å². The fourth-order valence-electron chi connectivity index (χ4n) is 3.77. The number of fused-ring (bicyclic) bond motifs is 1. The summed E-state index contributed by atoms with van der Waals surface area (Å²) in [7, 11) is 1.60. The molecule has 6 nitrogen and oxygen atoms in total. The van der Waals surface area contributed by atoms with E-state index in [-0.39, 0.29) is 11.1 Å². The molecule has 0 radical (unpaired) electrons. The number of nitrogens with one attached hydrogen (secondary N) is 1. The van der Waals surface area contributed by atoms with E-state index in [4.69, 9.17) is 37.9 Å². The summed E-state index contributed by atoms with van der Waals surface area (Å²) < 4.78 is 8.43. The fourth-order valence-corrected chi connectivity index (χ4v) is 4.53. The third-order valence-electron chi connectivity index (χ3n) is 5.38. The third-order valence-corrected chi connectivity index (χ3v) is 6.46. The second kappa shape index (κ2) is 8.91. The van der Waals surface area contributed by atoms with Gasteiger partial charge in [-0.3, -0.25) is 9.36 Å². The van der Waals surface area contributed by atoms with Gasteiger partial charge in [-0.1, -0.05) is 57.3 Å². The smallest absolute Gasteiger partial charge is 0.279 e. The molecular weight excluding hydrogens is 539 g/mol. The van der Waals surface area contributed by atoms with Crippen LogP contribution in [0.4, 0.5) is 0 Å². The standard InChI is InChI=1S/C25H17BrCl2N4O2/c1-13-3-10-20(34-2)19(11-13)32-23(14-4-6-15(26)7-5-14)29-21-24(32)30-22(31-25(21)33)17-9-8-16(27)12-18(17)28/h3-12H,1-2H3,(H,30,31,33). The van der Waals surface area contributed by atoms with Gasteiger partial charge in [0.25, 0.3) is 5.56 Å². The van der Waals surface area contributed by atoms with Gasteiger partial charge in [-0.15, -0.1) is 0 Å². The lowest BCUT2D eigenvalue weighted by molar-refractivity contribution is 0.413. The van der Waals surface area contributed by atoms with E-state index in [1.807, 2.05) is 54.0 Å². The van der Waals surface area contributed by atoms with Crippen LogP contribution in [0.25, 0.3) is 39.6 Å². The summed E-state index contributed by atoms with van der Waals surface area (Å²) in [4.78, 5) is 25.5. The molecule has 0 amide bonds. The van der Waals surface area contributed by atoms with E-state index in [2.05, 4.69) is 20.9 Å². The van der Waals surface area contributed by atoms with Crippen LogP contribution < -0.4 is 10.3 Å². The molecule has 0 spiro atoms. The number of aromatic amines is 1. The Kier molecular flexibility index (Phi) is 5.93. The largest absolute Gasteiger partial charge is 0.495 e. The van der Waals surface area contributed by atoms with Crippen LogP contribution in [0.15, 0.2) is 69.9 Å². The van der Waals surface area contributed by atoms with Crippen LogP contribution in [-0.4, -0.2) is 26.6 Å². The highest BCUT2D eigenvalue weighted by molar-refractivity contribution is 9.10. The molecule has 5 rings (SSSR count). The normalized spacial score (nSPS) is 11.2. The lowest BCUT2D eigenvalue weighted by Crippen LogP contribution is -2.11. The van der Waals surface area contributed by atoms with Crippen molar-refractivity contribution in [3.63, 3.8) is 0 Å². The molecule has 170 valence electrons. The summed E-state index contributed by atoms with van der Waals surface area (Å²) in [6, 6.07) is 18.5. The maximum Gasteiger partial charge on any atom is 0.279 e. The maximum atomic E-state index is 13.2. The second-order valence-corrected chi connectivity index (χ2v) is 9.42. The third kappa shape index (κ3) is 4.00. The van der Waals surface area contributed by atoms with Gasteiger partial charge in [0.05, 0.1) is 17.8 Å². The number of aromatic nitrogens is 4. The molecule has 1 N–H and O–H groups in total. The Bertz CT molecular complexity index is 1610. The van der Waals surface area contributed by atoms with Crippen LogP contribution in [-0.2, 0) is 0 Å². The summed E-state index contributed by atoms with van der Waals surface area (Å²) in [5.41, 5.74) is 3.31. The van der Waals surface area contributed by atoms with Gasteiger partial charge in [-0.25, -0.2) is 9.97 Å². The average molecular weight is 556 g/mol. The molecule has 2 aromatic heterocycles. The van der Waals surface area contributed by atoms with E-state index in [1.165, 1.54) is 0 Å². The van der Waals surface area contributed by atoms with Gasteiger partial charge in [0.1, 0.15) is 17.4 Å². The molecule has 9 heteroatoms. The Hall–Kier alpha value is -3.13. The lowest BCUT2D eigenvalue weighted by Gasteiger charge is -2.14. The SMILES string of the molecule is COc1ccc(C)cc1-n1c(-c2ccc(Br)cc2)nc2c(=O)[nH]c(-c3ccc(Cl)cc3Cl)nc21. The number of hydrogen-bond acceptors (Lipinski definition) is 4. The Morgan fingerprint density at radius 1 is 1.00 bits per heavy atom. The van der Waals surface area contributed by atoms with Crippen molar-refractivity contribution in [3.8, 4) is 34.2 Å². The number of halogens is 3. The molecule has 0 aliphatic carbocycles. The molecule has 3 aromatic carbocycles. The van der Waals surface area contributed by atoms with Crippen molar-refractivity contribution >= 4 is 50.3 Å². The molecule has 0 saturated carbocycles. The first-order valence-corrected chi connectivity index (χ1v) is 11.8. The van der Waals surface area contributed by atoms with Crippen molar-refractivity contribution in [1.29, 1.82) is 0 Å². The Balaban J connectivity index is 1.88. The van der Waals surface area contributed by atoms with Gasteiger partial charge >= 0.3 is 0 Å². The molecule has 0 saturated heterocycles. The summed E-state index contributed by atoms with van der Waals surface area (Å²) in [5, 5.41) is 0.867. The monoisotopic (exact) mass is 554 g/mol. The molecule has 0 bridgehead atoms. The quantitative estimate of drug-likeness (QED) is 0.264. The fraction of sp³-hybridized carbons (Fsp3) is 0.0800. The number of imidazole rings is 1. The van der Waals surface area contributed by atoms with Crippen LogP contribution in [0.3, 0.4) is 0 Å². The predicted molar refractivity (Wildman–Crippen MR) is 139 cm³/mol. The zero-order chi connectivity index (χ0) is 24.0. The molecule has 0 unspecified atom stereocenters. The summed E-state index contributed by atoms with van der Waals surface area (Å²) >= 11 is 15.9. The van der Waals surface area contributed by atoms with Crippen LogP contribution in [0.2, 0.25) is 10.0 Å². The summed E-state index contributed by atoms with van der Waals surface area (Å²) in [6.07, 6.45) is 0. The van der Waals surface area contributed by atoms with E-state index in [0.29, 0.717) is 44.3 Å². The Morgan fingerprint density at radius 3 is 2.47 bits per heavy atom. The second-order valence-electron chi connectivity index (χ2n) is 7.66. The number of aryl methyl sites for hydroxylation is 1. The maximum absolute atomic E-state index is 13.2. The van der Waals surface area contributed by atoms with Crippen LogP contribution in [0, 0.1) is 6.92 Å². The molecule has 0 fully saturated rings. The number of hydrogen-bond donors (Lipinski definition) is 1. The summed E-state index contributed by atoms with van der Waals surface area (Å²) in [6.45, 7) is 1.99. The highest BCUT2D eigenvalue weighted by Gasteiger charge is 2.22. The highest BCUT2D eigenvalue weighted by Crippen LogP contribution is 2.34. The minimum atomic E-state index is -0.380. The average Bonchev–Trinajstić information content (AvgIpc) is 3.19. The van der Waals surface area contributed by atoms with E-state index < -0.39 is 0 Å². The Morgan fingerprint density at radius 2 is 1.76 bits per heavy atom. The van der Waals surface area contributed by atoms with E-state index in [1.54, 1.807) is 25.3 Å². The van der Waals surface area contributed by atoms with Gasteiger partial charge in [0.15, 0.2) is 11.2 Å². The zero-order valence-corrected chi connectivity index (χ0v) is 21.2. The molecule has 34 heavy (non-hydrogen) atoms. The van der Waals surface area contributed by atoms with Gasteiger partial charge in [-0.05, 0) is 55.0 Å². The molecular formula is C25H17BrCl2N4O2. The van der Waals surface area contributed by atoms with Gasteiger partial charge in [0.2, 0.25) is 0 Å². The zero-order valence-electron chi connectivity index (χ0n) is 18.1. The number of benzene rings is 3. The minimum Gasteiger partial charge on any atom is -0.495 e. The van der Waals surface area contributed by atoms with Crippen LogP contribution >= 0.6 is 39.1 Å². The van der Waals surface area contributed by atoms with Crippen molar-refractivity contribution in [2.24, 2.45) is 0 Å². The molecule has 2 heterocycles. The number of H-pyrrole nitrogens is 1. The number of nitrogens with zero attached hydrogens (tertiary/aromatic N) is 3. The number of methoxy groups -OCH3 is 1. The van der Waals surface area contributed by atoms with Crippen molar-refractivity contribution in [1.82, 2.24) is 19.5 Å². The van der Waals surface area contributed by atoms with Crippen molar-refractivity contribution in [3.05, 3.63) is 91.1 Å². The summed E-state index contributed by atoms with van der Waals surface area (Å²) in [5.74, 6) is 1.49. The number of rotatable bonds is 4. The first-order valence-electron chi connectivity index (χ1n) is 10.2. The molecule has 0 aliphatic rings. The van der Waals surface area contributed by atoms with Crippen molar-refractivity contribution in [2.75, 3.05) is 7.11 Å². The predicted octanol–water partition coefficient (Wildman–Crippen LogP) is 6.83. The molecule has 0 aliphatic heterocycles. The van der Waals surface area contributed by atoms with E-state index in [9.17, 15) is 4.79 Å². The van der Waals surface area contributed by atoms with Gasteiger partial charge in [0, 0.05) is 20.6 Å². The number of ether oxygens (including phenoxy) is 1. The van der Waals surface area contributed by atoms with E-state index in [0.717, 1.165) is 15.6 Å². The first kappa shape index (κ1) is 22.7. The van der Waals surface area contributed by atoms with Gasteiger partial charge < -0.3 is 9.72 Å². The molecule has 5 aromatic rings. The lowest BCUT2D eigenvalue weighted by atomic mass is 10.1. The first-order chi connectivity index (χ1) is 16.4. The Labute approximate surface area is 213 Å². The minimum absolute atomic E-state index is 0.204. The van der Waals surface area contributed by atoms with Crippen molar-refractivity contribution in [2.45, 2.75) is 6.92 Å². The van der Waals surface area contributed by atoms with Crippen LogP contribution in [0.5, 0.6) is 5.75 Å². The van der Waals surface area contributed by atoms with Gasteiger partial charge in [-0.2, -0.15) is 0 Å².